The number of rotatable bonds is 5. The van der Waals surface area contributed by atoms with Crippen LogP contribution in [0.4, 0.5) is 0 Å². The Morgan fingerprint density at radius 3 is 2.44 bits per heavy atom. The maximum Gasteiger partial charge on any atom is 0.0732 e. The van der Waals surface area contributed by atoms with Crippen molar-refractivity contribution in [1.29, 1.82) is 0 Å². The summed E-state index contributed by atoms with van der Waals surface area (Å²) in [6.07, 6.45) is 2.75. The fourth-order valence-electron chi connectivity index (χ4n) is 0.832. The van der Waals surface area contributed by atoms with E-state index in [0.717, 1.165) is 13.0 Å². The fraction of sp³-hybridized carbons (Fsp3) is 1.00. The van der Waals surface area contributed by atoms with E-state index in [1.807, 2.05) is 7.05 Å². The lowest BCUT2D eigenvalue weighted by Gasteiger charge is -2.13. The Balaban J connectivity index is 3.18. The van der Waals surface area contributed by atoms with E-state index < -0.39 is 0 Å². The molecule has 55 valence electrons. The van der Waals surface area contributed by atoms with Gasteiger partial charge in [0.1, 0.15) is 0 Å². The third kappa shape index (κ3) is 4.43. The summed E-state index contributed by atoms with van der Waals surface area (Å²) in [4.78, 5) is 0. The molecular weight excluding hydrogens is 112 g/mol. The van der Waals surface area contributed by atoms with Crippen molar-refractivity contribution in [3.05, 3.63) is 0 Å². The van der Waals surface area contributed by atoms with Gasteiger partial charge in [-0.2, -0.15) is 0 Å². The fourth-order valence-corrected chi connectivity index (χ4v) is 0.832. The second kappa shape index (κ2) is 6.05. The molecule has 0 fully saturated rings. The first kappa shape index (κ1) is 8.92. The molecule has 0 bridgehead atoms. The molecule has 2 heteroatoms. The molecule has 1 radical (unpaired) electrons. The summed E-state index contributed by atoms with van der Waals surface area (Å²) in [5, 5.41) is 7.42. The number of nitrogens with zero attached hydrogens (tertiary/aromatic N) is 1. The molecule has 0 spiro atoms. The van der Waals surface area contributed by atoms with E-state index in [2.05, 4.69) is 24.5 Å². The summed E-state index contributed by atoms with van der Waals surface area (Å²) < 4.78 is 0. The van der Waals surface area contributed by atoms with E-state index in [0.29, 0.717) is 6.17 Å². The highest BCUT2D eigenvalue weighted by molar-refractivity contribution is 4.57. The SMILES string of the molecule is CCCC([N]C)NCC. The zero-order valence-electron chi connectivity index (χ0n) is 6.65. The van der Waals surface area contributed by atoms with E-state index in [9.17, 15) is 0 Å². The van der Waals surface area contributed by atoms with E-state index in [-0.39, 0.29) is 0 Å². The third-order valence-electron chi connectivity index (χ3n) is 1.31. The second-order valence-electron chi connectivity index (χ2n) is 2.12. The molecule has 1 atom stereocenters. The predicted octanol–water partition coefficient (Wildman–Crippen LogP) is 0.956. The van der Waals surface area contributed by atoms with Gasteiger partial charge < -0.3 is 5.32 Å². The average molecular weight is 129 g/mol. The number of nitrogens with one attached hydrogen (secondary N) is 1. The number of hydrogen-bond acceptors (Lipinski definition) is 1. The molecule has 0 aromatic rings. The van der Waals surface area contributed by atoms with Crippen LogP contribution in [0.25, 0.3) is 0 Å². The minimum atomic E-state index is 0.389. The Kier molecular flexibility index (Phi) is 5.99. The summed E-state index contributed by atoms with van der Waals surface area (Å²) in [6, 6.07) is 0. The van der Waals surface area contributed by atoms with Crippen molar-refractivity contribution in [1.82, 2.24) is 10.6 Å². The monoisotopic (exact) mass is 129 g/mol. The van der Waals surface area contributed by atoms with Gasteiger partial charge in [0.25, 0.3) is 0 Å². The van der Waals surface area contributed by atoms with Gasteiger partial charge in [0.2, 0.25) is 0 Å². The zero-order chi connectivity index (χ0) is 7.11. The van der Waals surface area contributed by atoms with Crippen molar-refractivity contribution in [2.75, 3.05) is 13.6 Å². The highest BCUT2D eigenvalue weighted by atomic mass is 15.1. The van der Waals surface area contributed by atoms with Crippen LogP contribution in [0.3, 0.4) is 0 Å². The predicted molar refractivity (Wildman–Crippen MR) is 40.4 cm³/mol. The molecule has 0 saturated carbocycles. The van der Waals surface area contributed by atoms with E-state index in [4.69, 9.17) is 0 Å². The van der Waals surface area contributed by atoms with Crippen LogP contribution in [0.1, 0.15) is 26.7 Å². The highest BCUT2D eigenvalue weighted by Crippen LogP contribution is 1.91. The van der Waals surface area contributed by atoms with Crippen LogP contribution in [0, 0.1) is 0 Å². The Morgan fingerprint density at radius 1 is 1.44 bits per heavy atom. The summed E-state index contributed by atoms with van der Waals surface area (Å²) in [5.41, 5.74) is 0. The van der Waals surface area contributed by atoms with Gasteiger partial charge in [-0.1, -0.05) is 20.3 Å². The zero-order valence-corrected chi connectivity index (χ0v) is 6.65. The van der Waals surface area contributed by atoms with Crippen LogP contribution < -0.4 is 10.6 Å². The van der Waals surface area contributed by atoms with Crippen molar-refractivity contribution in [3.8, 4) is 0 Å². The Hall–Kier alpha value is -0.0800. The van der Waals surface area contributed by atoms with Crippen molar-refractivity contribution < 1.29 is 0 Å². The summed E-state index contributed by atoms with van der Waals surface area (Å²) in [7, 11) is 1.86. The van der Waals surface area contributed by atoms with E-state index in [1.54, 1.807) is 0 Å². The molecule has 0 aliphatic rings. The standard InChI is InChI=1S/C7H17N2/c1-4-6-7(8-3)9-5-2/h7,9H,4-6H2,1-3H3. The van der Waals surface area contributed by atoms with Gasteiger partial charge in [-0.3, -0.25) is 0 Å². The maximum absolute atomic E-state index is 4.16. The molecule has 0 aliphatic heterocycles. The minimum absolute atomic E-state index is 0.389. The van der Waals surface area contributed by atoms with Gasteiger partial charge in [-0.15, -0.1) is 0 Å². The summed E-state index contributed by atoms with van der Waals surface area (Å²) in [5.74, 6) is 0. The summed E-state index contributed by atoms with van der Waals surface area (Å²) >= 11 is 0. The normalized spacial score (nSPS) is 13.7. The first-order valence-electron chi connectivity index (χ1n) is 3.67. The third-order valence-corrected chi connectivity index (χ3v) is 1.31. The molecule has 0 aromatic carbocycles. The van der Waals surface area contributed by atoms with Gasteiger partial charge in [0.05, 0.1) is 6.17 Å². The van der Waals surface area contributed by atoms with Gasteiger partial charge in [-0.25, -0.2) is 5.32 Å². The van der Waals surface area contributed by atoms with Crippen LogP contribution in [-0.4, -0.2) is 19.8 Å². The minimum Gasteiger partial charge on any atom is -0.301 e. The van der Waals surface area contributed by atoms with E-state index >= 15 is 0 Å². The first-order chi connectivity index (χ1) is 4.35. The Labute approximate surface area is 58.0 Å². The molecule has 9 heavy (non-hydrogen) atoms. The van der Waals surface area contributed by atoms with Crippen molar-refractivity contribution in [3.63, 3.8) is 0 Å². The lowest BCUT2D eigenvalue weighted by molar-refractivity contribution is 0.428. The molecule has 0 amide bonds. The lowest BCUT2D eigenvalue weighted by Crippen LogP contribution is -2.35. The molecule has 1 unspecified atom stereocenters. The quantitative estimate of drug-likeness (QED) is 0.588. The average Bonchev–Trinajstić information content (AvgIpc) is 1.88. The molecular formula is C7H17N2. The van der Waals surface area contributed by atoms with Crippen molar-refractivity contribution in [2.45, 2.75) is 32.9 Å². The number of hydrogen-bond donors (Lipinski definition) is 1. The molecule has 0 aliphatic carbocycles. The van der Waals surface area contributed by atoms with Gasteiger partial charge in [0.15, 0.2) is 0 Å². The van der Waals surface area contributed by atoms with Crippen LogP contribution in [0.2, 0.25) is 0 Å². The second-order valence-corrected chi connectivity index (χ2v) is 2.12. The van der Waals surface area contributed by atoms with Crippen molar-refractivity contribution in [2.24, 2.45) is 0 Å². The summed E-state index contributed by atoms with van der Waals surface area (Å²) in [6.45, 7) is 5.30. The molecule has 0 rings (SSSR count). The van der Waals surface area contributed by atoms with Crippen LogP contribution >= 0.6 is 0 Å². The molecule has 0 aromatic heterocycles. The van der Waals surface area contributed by atoms with Gasteiger partial charge in [0, 0.05) is 7.05 Å². The van der Waals surface area contributed by atoms with Crippen LogP contribution in [0.15, 0.2) is 0 Å². The molecule has 2 nitrogen and oxygen atoms in total. The first-order valence-corrected chi connectivity index (χ1v) is 3.67. The van der Waals surface area contributed by atoms with Gasteiger partial charge in [-0.05, 0) is 13.0 Å². The molecule has 0 heterocycles. The van der Waals surface area contributed by atoms with Crippen LogP contribution in [0.5, 0.6) is 0 Å². The van der Waals surface area contributed by atoms with Crippen LogP contribution in [-0.2, 0) is 0 Å². The van der Waals surface area contributed by atoms with Gasteiger partial charge >= 0.3 is 0 Å². The Bertz CT molecular complexity index is 48.9. The Morgan fingerprint density at radius 2 is 2.11 bits per heavy atom. The molecule has 1 N–H and O–H groups in total. The highest BCUT2D eigenvalue weighted by Gasteiger charge is 2.00. The molecule has 0 saturated heterocycles. The lowest BCUT2D eigenvalue weighted by atomic mass is 10.3. The largest absolute Gasteiger partial charge is 0.301 e. The topological polar surface area (TPSA) is 26.1 Å². The van der Waals surface area contributed by atoms with E-state index in [1.165, 1.54) is 6.42 Å². The maximum atomic E-state index is 4.16. The van der Waals surface area contributed by atoms with Crippen molar-refractivity contribution >= 4 is 0 Å². The smallest absolute Gasteiger partial charge is 0.0732 e.